The van der Waals surface area contributed by atoms with Gasteiger partial charge in [0.25, 0.3) is 0 Å². The van der Waals surface area contributed by atoms with Crippen molar-refractivity contribution in [1.29, 1.82) is 0 Å². The largest absolute Gasteiger partial charge is 0.494 e. The van der Waals surface area contributed by atoms with Crippen LogP contribution < -0.4 is 4.74 Å². The number of hydrogen-bond acceptors (Lipinski definition) is 2. The molecule has 0 aliphatic carbocycles. The van der Waals surface area contributed by atoms with E-state index < -0.39 is 0 Å². The van der Waals surface area contributed by atoms with E-state index in [0.29, 0.717) is 0 Å². The number of hydrogen-bond donors (Lipinski definition) is 0. The van der Waals surface area contributed by atoms with Gasteiger partial charge in [-0.1, -0.05) is 19.4 Å². The molecule has 1 aliphatic heterocycles. The topological polar surface area (TPSA) is 29.5 Å². The molecule has 0 atom stereocenters. The molecule has 1 aromatic carbocycles. The van der Waals surface area contributed by atoms with Gasteiger partial charge in [0.2, 0.25) is 5.91 Å². The van der Waals surface area contributed by atoms with Crippen molar-refractivity contribution in [3.05, 3.63) is 29.3 Å². The van der Waals surface area contributed by atoms with Gasteiger partial charge in [-0.25, -0.2) is 0 Å². The predicted octanol–water partition coefficient (Wildman–Crippen LogP) is 2.73. The Balaban J connectivity index is 2.02. The van der Waals surface area contributed by atoms with Crippen molar-refractivity contribution in [2.75, 3.05) is 6.61 Å². The number of ether oxygens (including phenoxy) is 1. The summed E-state index contributed by atoms with van der Waals surface area (Å²) in [7, 11) is 0. The number of nitrogens with zero attached hydrogens (tertiary/aromatic N) is 1. The molecule has 0 saturated heterocycles. The minimum absolute atomic E-state index is 0.134. The Kier molecular flexibility index (Phi) is 3.67. The smallest absolute Gasteiger partial charge is 0.220 e. The first-order chi connectivity index (χ1) is 8.20. The molecule has 1 aliphatic rings. The highest BCUT2D eigenvalue weighted by atomic mass is 16.5. The van der Waals surface area contributed by atoms with E-state index in [1.807, 2.05) is 11.0 Å². The van der Waals surface area contributed by atoms with Gasteiger partial charge >= 0.3 is 0 Å². The molecular weight excluding hydrogens is 214 g/mol. The lowest BCUT2D eigenvalue weighted by molar-refractivity contribution is -0.129. The second kappa shape index (κ2) is 5.21. The van der Waals surface area contributed by atoms with Crippen LogP contribution in [0.25, 0.3) is 0 Å². The summed E-state index contributed by atoms with van der Waals surface area (Å²) in [5.74, 6) is 1.05. The molecule has 2 rings (SSSR count). The van der Waals surface area contributed by atoms with Gasteiger partial charge in [0.1, 0.15) is 5.75 Å². The van der Waals surface area contributed by atoms with E-state index >= 15 is 0 Å². The van der Waals surface area contributed by atoms with Crippen LogP contribution in [0.3, 0.4) is 0 Å². The Morgan fingerprint density at radius 3 is 2.82 bits per heavy atom. The summed E-state index contributed by atoms with van der Waals surface area (Å²) < 4.78 is 5.66. The fourth-order valence-electron chi connectivity index (χ4n) is 2.02. The van der Waals surface area contributed by atoms with Crippen molar-refractivity contribution in [2.24, 2.45) is 0 Å². The molecule has 0 unspecified atom stereocenters. The molecule has 17 heavy (non-hydrogen) atoms. The van der Waals surface area contributed by atoms with E-state index in [9.17, 15) is 4.79 Å². The van der Waals surface area contributed by atoms with Crippen LogP contribution in [-0.2, 0) is 17.9 Å². The van der Waals surface area contributed by atoms with Gasteiger partial charge in [0, 0.05) is 20.0 Å². The van der Waals surface area contributed by atoms with E-state index in [-0.39, 0.29) is 5.91 Å². The molecular formula is C14H19NO2. The van der Waals surface area contributed by atoms with Crippen LogP contribution in [0, 0.1) is 0 Å². The fourth-order valence-corrected chi connectivity index (χ4v) is 2.02. The molecule has 0 spiro atoms. The number of carbonyl (C=O) groups excluding carboxylic acids is 1. The Morgan fingerprint density at radius 2 is 2.12 bits per heavy atom. The molecule has 0 aromatic heterocycles. The second-order valence-electron chi connectivity index (χ2n) is 4.51. The first-order valence-corrected chi connectivity index (χ1v) is 6.21. The minimum atomic E-state index is 0.134. The van der Waals surface area contributed by atoms with Crippen LogP contribution in [0.1, 0.15) is 37.8 Å². The Hall–Kier alpha value is -1.51. The Bertz CT molecular complexity index is 415. The maximum atomic E-state index is 11.3. The lowest BCUT2D eigenvalue weighted by Gasteiger charge is -2.11. The summed E-state index contributed by atoms with van der Waals surface area (Å²) in [6.07, 6.45) is 2.22. The van der Waals surface area contributed by atoms with E-state index in [4.69, 9.17) is 4.74 Å². The van der Waals surface area contributed by atoms with E-state index in [2.05, 4.69) is 19.1 Å². The SMILES string of the molecule is CCCCOc1ccc2c(c1)CN(C(C)=O)C2. The van der Waals surface area contributed by atoms with Gasteiger partial charge in [-0.15, -0.1) is 0 Å². The second-order valence-corrected chi connectivity index (χ2v) is 4.51. The van der Waals surface area contributed by atoms with Crippen molar-refractivity contribution in [3.8, 4) is 5.75 Å². The highest BCUT2D eigenvalue weighted by Crippen LogP contribution is 2.26. The zero-order chi connectivity index (χ0) is 12.3. The molecule has 0 radical (unpaired) electrons. The van der Waals surface area contributed by atoms with Crippen molar-refractivity contribution in [1.82, 2.24) is 4.90 Å². The molecule has 1 amide bonds. The standard InChI is InChI=1S/C14H19NO2/c1-3-4-7-17-14-6-5-12-9-15(11(2)16)10-13(12)8-14/h5-6,8H,3-4,7,9-10H2,1-2H3. The first kappa shape index (κ1) is 12.0. The lowest BCUT2D eigenvalue weighted by atomic mass is 10.1. The molecule has 0 fully saturated rings. The molecule has 92 valence electrons. The van der Waals surface area contributed by atoms with Crippen molar-refractivity contribution >= 4 is 5.91 Å². The monoisotopic (exact) mass is 233 g/mol. The van der Waals surface area contributed by atoms with Crippen molar-refractivity contribution in [3.63, 3.8) is 0 Å². The maximum Gasteiger partial charge on any atom is 0.220 e. The quantitative estimate of drug-likeness (QED) is 0.748. The summed E-state index contributed by atoms with van der Waals surface area (Å²) in [6.45, 7) is 5.99. The van der Waals surface area contributed by atoms with Crippen LogP contribution in [-0.4, -0.2) is 17.4 Å². The molecule has 0 saturated carbocycles. The Labute approximate surface area is 102 Å². The predicted molar refractivity (Wildman–Crippen MR) is 66.8 cm³/mol. The molecule has 0 bridgehead atoms. The van der Waals surface area contributed by atoms with E-state index in [0.717, 1.165) is 38.3 Å². The molecule has 3 heteroatoms. The molecule has 1 aromatic rings. The number of amides is 1. The van der Waals surface area contributed by atoms with Crippen LogP contribution >= 0.6 is 0 Å². The fraction of sp³-hybridized carbons (Fsp3) is 0.500. The molecule has 1 heterocycles. The minimum Gasteiger partial charge on any atom is -0.494 e. The van der Waals surface area contributed by atoms with Gasteiger partial charge in [0.15, 0.2) is 0 Å². The number of carbonyl (C=O) groups is 1. The third-order valence-corrected chi connectivity index (χ3v) is 3.11. The number of rotatable bonds is 4. The van der Waals surface area contributed by atoms with Gasteiger partial charge in [-0.2, -0.15) is 0 Å². The van der Waals surface area contributed by atoms with Gasteiger partial charge in [-0.3, -0.25) is 4.79 Å². The normalized spacial score (nSPS) is 13.6. The summed E-state index contributed by atoms with van der Waals surface area (Å²) in [4.78, 5) is 13.2. The number of benzene rings is 1. The lowest BCUT2D eigenvalue weighted by Crippen LogP contribution is -2.21. The van der Waals surface area contributed by atoms with E-state index in [1.54, 1.807) is 6.92 Å². The van der Waals surface area contributed by atoms with Crippen LogP contribution in [0.5, 0.6) is 5.75 Å². The van der Waals surface area contributed by atoms with E-state index in [1.165, 1.54) is 11.1 Å². The number of fused-ring (bicyclic) bond motifs is 1. The summed E-state index contributed by atoms with van der Waals surface area (Å²) >= 11 is 0. The Morgan fingerprint density at radius 1 is 1.35 bits per heavy atom. The molecule has 0 N–H and O–H groups in total. The van der Waals surface area contributed by atoms with Gasteiger partial charge in [-0.05, 0) is 29.7 Å². The summed E-state index contributed by atoms with van der Waals surface area (Å²) in [5.41, 5.74) is 2.46. The van der Waals surface area contributed by atoms with Gasteiger partial charge < -0.3 is 9.64 Å². The highest BCUT2D eigenvalue weighted by molar-refractivity contribution is 5.74. The maximum absolute atomic E-state index is 11.3. The van der Waals surface area contributed by atoms with Crippen LogP contribution in [0.2, 0.25) is 0 Å². The third-order valence-electron chi connectivity index (χ3n) is 3.11. The van der Waals surface area contributed by atoms with Crippen molar-refractivity contribution in [2.45, 2.75) is 39.8 Å². The average Bonchev–Trinajstić information content (AvgIpc) is 2.72. The highest BCUT2D eigenvalue weighted by Gasteiger charge is 2.20. The number of unbranched alkanes of at least 4 members (excludes halogenated alkanes) is 1. The zero-order valence-corrected chi connectivity index (χ0v) is 10.5. The summed E-state index contributed by atoms with van der Waals surface area (Å²) in [5, 5.41) is 0. The average molecular weight is 233 g/mol. The van der Waals surface area contributed by atoms with Crippen LogP contribution in [0.4, 0.5) is 0 Å². The van der Waals surface area contributed by atoms with Gasteiger partial charge in [0.05, 0.1) is 6.61 Å². The third kappa shape index (κ3) is 2.78. The van der Waals surface area contributed by atoms with Crippen molar-refractivity contribution < 1.29 is 9.53 Å². The zero-order valence-electron chi connectivity index (χ0n) is 10.5. The first-order valence-electron chi connectivity index (χ1n) is 6.21. The summed E-state index contributed by atoms with van der Waals surface area (Å²) in [6, 6.07) is 6.13. The molecule has 3 nitrogen and oxygen atoms in total. The van der Waals surface area contributed by atoms with Crippen LogP contribution in [0.15, 0.2) is 18.2 Å².